The van der Waals surface area contributed by atoms with Gasteiger partial charge in [-0.05, 0) is 48.6 Å². The zero-order chi connectivity index (χ0) is 15.4. The minimum atomic E-state index is 0.545. The van der Waals surface area contributed by atoms with Crippen molar-refractivity contribution in [3.8, 4) is 0 Å². The topological polar surface area (TPSA) is 46.3 Å². The number of hydrogen-bond acceptors (Lipinski definition) is 4. The third-order valence-electron chi connectivity index (χ3n) is 4.76. The van der Waals surface area contributed by atoms with E-state index in [9.17, 15) is 0 Å². The highest BCUT2D eigenvalue weighted by molar-refractivity contribution is 9.10. The molecule has 23 heavy (non-hydrogen) atoms. The van der Waals surface area contributed by atoms with Crippen LogP contribution in [0.5, 0.6) is 0 Å². The van der Waals surface area contributed by atoms with Crippen LogP contribution in [-0.2, 0) is 13.0 Å². The summed E-state index contributed by atoms with van der Waals surface area (Å²) in [6.45, 7) is 1.87. The molecule has 5 rings (SSSR count). The van der Waals surface area contributed by atoms with Crippen molar-refractivity contribution in [2.24, 2.45) is 0 Å². The van der Waals surface area contributed by atoms with E-state index >= 15 is 0 Å². The summed E-state index contributed by atoms with van der Waals surface area (Å²) < 4.78 is 3.12. The largest absolute Gasteiger partial charge is 0.350 e. The maximum atomic E-state index is 4.82. The number of hydrogen-bond donors (Lipinski definition) is 0. The number of halogens is 1. The lowest BCUT2D eigenvalue weighted by Gasteiger charge is -2.30. The van der Waals surface area contributed by atoms with Crippen LogP contribution >= 0.6 is 15.9 Å². The van der Waals surface area contributed by atoms with Gasteiger partial charge < -0.3 is 4.90 Å². The zero-order valence-electron chi connectivity index (χ0n) is 12.6. The molecule has 0 radical (unpaired) electrons. The molecule has 1 aliphatic carbocycles. The van der Waals surface area contributed by atoms with E-state index in [1.807, 2.05) is 10.6 Å². The van der Waals surface area contributed by atoms with Crippen LogP contribution in [0.3, 0.4) is 0 Å². The summed E-state index contributed by atoms with van der Waals surface area (Å²) in [7, 11) is 0. The first-order chi connectivity index (χ1) is 11.3. The molecule has 1 fully saturated rings. The number of rotatable bonds is 2. The highest BCUT2D eigenvalue weighted by Gasteiger charge is 2.29. The Morgan fingerprint density at radius 3 is 2.87 bits per heavy atom. The minimum Gasteiger partial charge on any atom is -0.350 e. The summed E-state index contributed by atoms with van der Waals surface area (Å²) in [6, 6.07) is 10.5. The molecule has 0 N–H and O–H groups in total. The van der Waals surface area contributed by atoms with E-state index in [0.717, 1.165) is 36.8 Å². The maximum absolute atomic E-state index is 4.82. The molecule has 6 heteroatoms. The molecule has 5 nitrogen and oxygen atoms in total. The Bertz CT molecular complexity index is 899. The van der Waals surface area contributed by atoms with E-state index in [0.29, 0.717) is 5.92 Å². The fourth-order valence-electron chi connectivity index (χ4n) is 3.30. The molecule has 2 aromatic heterocycles. The van der Waals surface area contributed by atoms with E-state index < -0.39 is 0 Å². The third-order valence-corrected chi connectivity index (χ3v) is 5.50. The lowest BCUT2D eigenvalue weighted by Crippen LogP contribution is -2.31. The number of aromatic nitrogens is 4. The van der Waals surface area contributed by atoms with Gasteiger partial charge in [-0.3, -0.25) is 0 Å². The van der Waals surface area contributed by atoms with Gasteiger partial charge in [0.1, 0.15) is 5.82 Å². The standard InChI is InChI=1S/C17H16BrN5/c18-14-3-1-2-11-8-9-22(10-13(11)14)16-7-6-15-19-20-17(12-4-5-12)23(15)21-16/h1-3,6-7,12H,4-5,8-10H2. The second-order valence-corrected chi connectivity index (χ2v) is 7.20. The van der Waals surface area contributed by atoms with Crippen LogP contribution < -0.4 is 4.90 Å². The summed E-state index contributed by atoms with van der Waals surface area (Å²) in [6.07, 6.45) is 3.46. The number of benzene rings is 1. The molecule has 3 heterocycles. The van der Waals surface area contributed by atoms with Gasteiger partial charge in [0.15, 0.2) is 11.5 Å². The fourth-order valence-corrected chi connectivity index (χ4v) is 3.83. The normalized spacial score (nSPS) is 17.5. The SMILES string of the molecule is Brc1cccc2c1CN(c1ccc3nnc(C4CC4)n3n1)CC2. The van der Waals surface area contributed by atoms with Crippen LogP contribution in [0.2, 0.25) is 0 Å². The van der Waals surface area contributed by atoms with Crippen LogP contribution in [0, 0.1) is 0 Å². The van der Waals surface area contributed by atoms with E-state index in [1.165, 1.54) is 28.4 Å². The van der Waals surface area contributed by atoms with E-state index in [-0.39, 0.29) is 0 Å². The number of nitrogens with zero attached hydrogens (tertiary/aromatic N) is 5. The van der Waals surface area contributed by atoms with Gasteiger partial charge in [-0.1, -0.05) is 28.1 Å². The lowest BCUT2D eigenvalue weighted by atomic mass is 10.00. The van der Waals surface area contributed by atoms with Gasteiger partial charge in [-0.25, -0.2) is 0 Å². The summed E-state index contributed by atoms with van der Waals surface area (Å²) in [5.74, 6) is 2.56. The van der Waals surface area contributed by atoms with Gasteiger partial charge >= 0.3 is 0 Å². The Kier molecular flexibility index (Phi) is 2.95. The van der Waals surface area contributed by atoms with Crippen molar-refractivity contribution >= 4 is 27.4 Å². The van der Waals surface area contributed by atoms with Crippen molar-refractivity contribution in [2.75, 3.05) is 11.4 Å². The quantitative estimate of drug-likeness (QED) is 0.694. The van der Waals surface area contributed by atoms with Gasteiger partial charge in [0, 0.05) is 23.5 Å². The molecule has 2 aliphatic rings. The molecular weight excluding hydrogens is 354 g/mol. The highest BCUT2D eigenvalue weighted by Crippen LogP contribution is 2.39. The Labute approximate surface area is 142 Å². The first-order valence-electron chi connectivity index (χ1n) is 8.03. The molecule has 0 bridgehead atoms. The molecule has 0 spiro atoms. The first kappa shape index (κ1) is 13.5. The highest BCUT2D eigenvalue weighted by atomic mass is 79.9. The van der Waals surface area contributed by atoms with Crippen molar-refractivity contribution in [2.45, 2.75) is 31.7 Å². The summed E-state index contributed by atoms with van der Waals surface area (Å²) in [5, 5.41) is 13.4. The van der Waals surface area contributed by atoms with Crippen LogP contribution in [0.1, 0.15) is 35.7 Å². The fraction of sp³-hybridized carbons (Fsp3) is 0.353. The number of fused-ring (bicyclic) bond motifs is 2. The van der Waals surface area contributed by atoms with Crippen molar-refractivity contribution in [1.29, 1.82) is 0 Å². The Morgan fingerprint density at radius 1 is 1.09 bits per heavy atom. The van der Waals surface area contributed by atoms with Gasteiger partial charge in [0.2, 0.25) is 0 Å². The monoisotopic (exact) mass is 369 g/mol. The predicted octanol–water partition coefficient (Wildman–Crippen LogP) is 3.33. The van der Waals surface area contributed by atoms with Crippen LogP contribution in [0.4, 0.5) is 5.82 Å². The molecular formula is C17H16BrN5. The van der Waals surface area contributed by atoms with Crippen molar-refractivity contribution in [3.63, 3.8) is 0 Å². The average molecular weight is 370 g/mol. The molecule has 1 aliphatic heterocycles. The Morgan fingerprint density at radius 2 is 2.00 bits per heavy atom. The first-order valence-corrected chi connectivity index (χ1v) is 8.82. The number of anilines is 1. The van der Waals surface area contributed by atoms with Crippen molar-refractivity contribution in [1.82, 2.24) is 19.8 Å². The molecule has 1 saturated carbocycles. The summed E-state index contributed by atoms with van der Waals surface area (Å²) in [4.78, 5) is 2.34. The minimum absolute atomic E-state index is 0.545. The average Bonchev–Trinajstić information content (AvgIpc) is 3.34. The molecule has 3 aromatic rings. The third kappa shape index (κ3) is 2.24. The van der Waals surface area contributed by atoms with Crippen molar-refractivity contribution in [3.05, 3.63) is 51.8 Å². The van der Waals surface area contributed by atoms with Crippen LogP contribution in [-0.4, -0.2) is 26.4 Å². The Hall–Kier alpha value is -1.95. The molecule has 0 amide bonds. The molecule has 116 valence electrons. The summed E-state index contributed by atoms with van der Waals surface area (Å²) in [5.41, 5.74) is 3.64. The Balaban J connectivity index is 1.53. The van der Waals surface area contributed by atoms with Crippen molar-refractivity contribution < 1.29 is 0 Å². The lowest BCUT2D eigenvalue weighted by molar-refractivity contribution is 0.699. The molecule has 0 saturated heterocycles. The molecule has 0 unspecified atom stereocenters. The second kappa shape index (κ2) is 5.03. The predicted molar refractivity (Wildman–Crippen MR) is 91.7 cm³/mol. The van der Waals surface area contributed by atoms with Gasteiger partial charge in [0.05, 0.1) is 0 Å². The van der Waals surface area contributed by atoms with E-state index in [2.05, 4.69) is 55.3 Å². The second-order valence-electron chi connectivity index (χ2n) is 6.34. The maximum Gasteiger partial charge on any atom is 0.178 e. The molecule has 0 atom stereocenters. The van der Waals surface area contributed by atoms with Gasteiger partial charge in [0.25, 0.3) is 0 Å². The molecule has 1 aromatic carbocycles. The smallest absolute Gasteiger partial charge is 0.178 e. The van der Waals surface area contributed by atoms with Gasteiger partial charge in [-0.15, -0.1) is 15.3 Å². The van der Waals surface area contributed by atoms with E-state index in [4.69, 9.17) is 5.10 Å². The van der Waals surface area contributed by atoms with E-state index in [1.54, 1.807) is 0 Å². The van der Waals surface area contributed by atoms with Gasteiger partial charge in [-0.2, -0.15) is 4.52 Å². The van der Waals surface area contributed by atoms with Crippen LogP contribution in [0.15, 0.2) is 34.8 Å². The van der Waals surface area contributed by atoms with Crippen LogP contribution in [0.25, 0.3) is 5.65 Å². The summed E-state index contributed by atoms with van der Waals surface area (Å²) >= 11 is 3.68. The zero-order valence-corrected chi connectivity index (χ0v) is 14.2.